The average Bonchev–Trinajstić information content (AvgIpc) is 2.63. The first-order valence-corrected chi connectivity index (χ1v) is 9.43. The summed E-state index contributed by atoms with van der Waals surface area (Å²) in [6, 6.07) is 0. The van der Waals surface area contributed by atoms with E-state index in [4.69, 9.17) is 5.26 Å². The van der Waals surface area contributed by atoms with E-state index in [1.807, 2.05) is 0 Å². The van der Waals surface area contributed by atoms with Crippen LogP contribution in [0.1, 0.15) is 77.6 Å². The molecular formula is C19H33NO6. The first-order chi connectivity index (χ1) is 12.5. The molecule has 0 unspecified atom stereocenters. The highest BCUT2D eigenvalue weighted by molar-refractivity contribution is 5.68. The van der Waals surface area contributed by atoms with Crippen LogP contribution in [0.15, 0.2) is 23.9 Å². The molecule has 26 heavy (non-hydrogen) atoms. The van der Waals surface area contributed by atoms with E-state index in [0.29, 0.717) is 19.3 Å². The maximum atomic E-state index is 11.1. The third-order valence-electron chi connectivity index (χ3n) is 4.12. The first kappa shape index (κ1) is 24.3. The van der Waals surface area contributed by atoms with Crippen LogP contribution in [0.4, 0.5) is 0 Å². The number of nitrogens with zero attached hydrogens (tertiary/aromatic N) is 1. The normalized spacial score (nSPS) is 13.1. The lowest BCUT2D eigenvalue weighted by Crippen LogP contribution is -2.06. The Labute approximate surface area is 156 Å². The number of unbranched alkanes of at least 4 members (excludes halogenated alkanes) is 6. The van der Waals surface area contributed by atoms with Crippen LogP contribution >= 0.6 is 0 Å². The molecule has 1 N–H and O–H groups in total. The number of methoxy groups -OCH3 is 1. The fourth-order valence-electron chi connectivity index (χ4n) is 2.51. The van der Waals surface area contributed by atoms with Crippen molar-refractivity contribution in [2.45, 2.75) is 83.7 Å². The summed E-state index contributed by atoms with van der Waals surface area (Å²) in [6.45, 7) is 2.09. The van der Waals surface area contributed by atoms with E-state index in [1.165, 1.54) is 13.2 Å². The van der Waals surface area contributed by atoms with Crippen LogP contribution in [0.2, 0.25) is 0 Å². The fraction of sp³-hybridized carbons (Fsp3) is 0.737. The quantitative estimate of drug-likeness (QED) is 0.102. The Balaban J connectivity index is 4.14. The minimum Gasteiger partial charge on any atom is -0.469 e. The van der Waals surface area contributed by atoms with Gasteiger partial charge in [-0.1, -0.05) is 57.6 Å². The molecule has 0 heterocycles. The van der Waals surface area contributed by atoms with Gasteiger partial charge in [0.05, 0.1) is 12.0 Å². The maximum absolute atomic E-state index is 11.1. The summed E-state index contributed by atoms with van der Waals surface area (Å²) in [5.41, 5.74) is 0.154. The van der Waals surface area contributed by atoms with E-state index >= 15 is 0 Å². The van der Waals surface area contributed by atoms with Gasteiger partial charge in [0.2, 0.25) is 5.70 Å². The number of allylic oxidation sites excluding steroid dienone is 3. The molecule has 0 aliphatic heterocycles. The van der Waals surface area contributed by atoms with Crippen LogP contribution in [0.3, 0.4) is 0 Å². The smallest absolute Gasteiger partial charge is 0.305 e. The van der Waals surface area contributed by atoms with Crippen LogP contribution < -0.4 is 0 Å². The van der Waals surface area contributed by atoms with Gasteiger partial charge in [-0.05, 0) is 19.3 Å². The molecule has 150 valence electrons. The van der Waals surface area contributed by atoms with Crippen LogP contribution in [0.25, 0.3) is 0 Å². The number of ether oxygens (including phenoxy) is 1. The summed E-state index contributed by atoms with van der Waals surface area (Å²) < 4.78 is 4.57. The van der Waals surface area contributed by atoms with Crippen molar-refractivity contribution in [1.29, 1.82) is 0 Å². The Morgan fingerprint density at radius 3 is 2.35 bits per heavy atom. The molecule has 0 radical (unpaired) electrons. The van der Waals surface area contributed by atoms with Crippen molar-refractivity contribution in [2.75, 3.05) is 7.11 Å². The second-order valence-corrected chi connectivity index (χ2v) is 6.28. The molecule has 0 aliphatic carbocycles. The number of nitro groups is 1. The van der Waals surface area contributed by atoms with Gasteiger partial charge in [-0.15, -0.1) is 0 Å². The van der Waals surface area contributed by atoms with Gasteiger partial charge in [0, 0.05) is 18.9 Å². The van der Waals surface area contributed by atoms with Gasteiger partial charge >= 0.3 is 5.97 Å². The van der Waals surface area contributed by atoms with Crippen LogP contribution in [0, 0.1) is 10.1 Å². The second kappa shape index (κ2) is 16.7. The van der Waals surface area contributed by atoms with E-state index < -0.39 is 6.10 Å². The van der Waals surface area contributed by atoms with E-state index in [9.17, 15) is 14.9 Å². The van der Waals surface area contributed by atoms with E-state index in [0.717, 1.165) is 51.4 Å². The molecule has 7 heteroatoms. The van der Waals surface area contributed by atoms with Crippen LogP contribution in [-0.4, -0.2) is 29.4 Å². The molecule has 0 spiro atoms. The van der Waals surface area contributed by atoms with Crippen molar-refractivity contribution in [3.63, 3.8) is 0 Å². The molecule has 0 aromatic heterocycles. The van der Waals surface area contributed by atoms with Crippen molar-refractivity contribution in [3.8, 4) is 0 Å². The summed E-state index contributed by atoms with van der Waals surface area (Å²) in [6.07, 6.45) is 13.1. The lowest BCUT2D eigenvalue weighted by molar-refractivity contribution is -0.428. The lowest BCUT2D eigenvalue weighted by atomic mass is 10.1. The summed E-state index contributed by atoms with van der Waals surface area (Å²) in [5.74, 6) is -0.199. The Morgan fingerprint density at radius 2 is 1.77 bits per heavy atom. The number of carbonyl (C=O) groups is 1. The van der Waals surface area contributed by atoms with Crippen molar-refractivity contribution in [3.05, 3.63) is 34.0 Å². The zero-order valence-corrected chi connectivity index (χ0v) is 16.0. The van der Waals surface area contributed by atoms with Gasteiger partial charge in [0.25, 0.3) is 0 Å². The van der Waals surface area contributed by atoms with Gasteiger partial charge in [-0.2, -0.15) is 0 Å². The predicted molar refractivity (Wildman–Crippen MR) is 100 cm³/mol. The summed E-state index contributed by atoms with van der Waals surface area (Å²) >= 11 is 0. The Hall–Kier alpha value is -1.73. The molecule has 0 aromatic carbocycles. The molecule has 0 aromatic rings. The summed E-state index contributed by atoms with van der Waals surface area (Å²) in [7, 11) is 1.38. The molecule has 0 bridgehead atoms. The van der Waals surface area contributed by atoms with Crippen molar-refractivity contribution < 1.29 is 24.6 Å². The van der Waals surface area contributed by atoms with Crippen molar-refractivity contribution >= 4 is 5.97 Å². The average molecular weight is 371 g/mol. The highest BCUT2D eigenvalue weighted by Crippen LogP contribution is 2.13. The third kappa shape index (κ3) is 13.5. The molecule has 0 amide bonds. The molecule has 7 nitrogen and oxygen atoms in total. The minimum absolute atomic E-state index is 0.154. The number of hydrogen-bond donors (Lipinski definition) is 1. The number of esters is 1. The van der Waals surface area contributed by atoms with Crippen molar-refractivity contribution in [1.82, 2.24) is 0 Å². The van der Waals surface area contributed by atoms with Gasteiger partial charge in [-0.3, -0.25) is 20.2 Å². The Kier molecular flexibility index (Phi) is 15.6. The van der Waals surface area contributed by atoms with Gasteiger partial charge in [-0.25, -0.2) is 4.89 Å². The lowest BCUT2D eigenvalue weighted by Gasteiger charge is -2.07. The van der Waals surface area contributed by atoms with Crippen LogP contribution in [-0.2, 0) is 14.4 Å². The molecule has 0 saturated heterocycles. The molecule has 0 fully saturated rings. The molecule has 0 aliphatic rings. The maximum Gasteiger partial charge on any atom is 0.305 e. The minimum atomic E-state index is -0.430. The Morgan fingerprint density at radius 1 is 1.12 bits per heavy atom. The van der Waals surface area contributed by atoms with Gasteiger partial charge in [0.15, 0.2) is 0 Å². The standard InChI is InChI=1S/C19H33NO6/c1-3-4-8-14-18(26-24)15-11-13-17(20(22)23)12-9-6-5-7-10-16-19(21)25-2/h11,13,15,18,24H,3-10,12,14,16H2,1-2H3/b15-11+,17-13+/t18-/m0/s1. The number of hydrogen-bond acceptors (Lipinski definition) is 6. The molecule has 1 atom stereocenters. The highest BCUT2D eigenvalue weighted by Gasteiger charge is 2.09. The zero-order chi connectivity index (χ0) is 19.6. The van der Waals surface area contributed by atoms with E-state index in [2.05, 4.69) is 16.5 Å². The molecule has 0 rings (SSSR count). The van der Waals surface area contributed by atoms with Crippen LogP contribution in [0.5, 0.6) is 0 Å². The predicted octanol–water partition coefficient (Wildman–Crippen LogP) is 5.05. The Bertz CT molecular complexity index is 447. The first-order valence-electron chi connectivity index (χ1n) is 9.43. The largest absolute Gasteiger partial charge is 0.469 e. The van der Waals surface area contributed by atoms with E-state index in [1.54, 1.807) is 12.2 Å². The zero-order valence-electron chi connectivity index (χ0n) is 16.0. The summed E-state index contributed by atoms with van der Waals surface area (Å²) in [5, 5.41) is 20.0. The van der Waals surface area contributed by atoms with Gasteiger partial charge < -0.3 is 4.74 Å². The second-order valence-electron chi connectivity index (χ2n) is 6.28. The molecule has 0 saturated carbocycles. The summed E-state index contributed by atoms with van der Waals surface area (Å²) in [4.78, 5) is 26.1. The monoisotopic (exact) mass is 371 g/mol. The van der Waals surface area contributed by atoms with E-state index in [-0.39, 0.29) is 16.6 Å². The number of carbonyl (C=O) groups excluding carboxylic acids is 1. The number of rotatable bonds is 16. The topological polar surface area (TPSA) is 98.9 Å². The van der Waals surface area contributed by atoms with Crippen molar-refractivity contribution in [2.24, 2.45) is 0 Å². The fourth-order valence-corrected chi connectivity index (χ4v) is 2.51. The highest BCUT2D eigenvalue weighted by atomic mass is 17.1. The SMILES string of the molecule is CCCCC[C@@H](/C=C/C=C(\CCCCCCCC(=O)OC)[N+](=O)[O-])OO. The molecular weight excluding hydrogens is 338 g/mol. The van der Waals surface area contributed by atoms with Gasteiger partial charge in [0.1, 0.15) is 6.10 Å². The third-order valence-corrected chi connectivity index (χ3v) is 4.12.